The van der Waals surface area contributed by atoms with Crippen LogP contribution in [0.15, 0.2) is 60.7 Å². The molecular formula is C18H26O6P2. The molecule has 2 N–H and O–H groups in total. The third-order valence-corrected chi connectivity index (χ3v) is 4.37. The second-order valence-corrected chi connectivity index (χ2v) is 7.57. The van der Waals surface area contributed by atoms with Crippen LogP contribution in [0.1, 0.15) is 27.7 Å². The van der Waals surface area contributed by atoms with Crippen molar-refractivity contribution in [2.24, 2.45) is 0 Å². The second kappa shape index (κ2) is 13.0. The maximum Gasteiger partial charge on any atom is 0.470 e. The van der Waals surface area contributed by atoms with Crippen molar-refractivity contribution in [3.63, 3.8) is 0 Å². The summed E-state index contributed by atoms with van der Waals surface area (Å²) in [5.41, 5.74) is 0. The average Bonchev–Trinajstić information content (AvgIpc) is 2.55. The molecule has 0 aliphatic rings. The highest BCUT2D eigenvalue weighted by molar-refractivity contribution is 7.55. The van der Waals surface area contributed by atoms with Crippen LogP contribution in [0.25, 0.3) is 0 Å². The van der Waals surface area contributed by atoms with Crippen LogP contribution in [0.2, 0.25) is 0 Å². The van der Waals surface area contributed by atoms with Gasteiger partial charge in [0.05, 0.1) is 12.2 Å². The molecule has 0 aliphatic heterocycles. The number of benzene rings is 2. The van der Waals surface area contributed by atoms with E-state index in [2.05, 4.69) is 0 Å². The minimum absolute atomic E-state index is 0.375. The van der Waals surface area contributed by atoms with E-state index in [0.29, 0.717) is 23.7 Å². The first-order chi connectivity index (χ1) is 12.4. The maximum absolute atomic E-state index is 8.93. The van der Waals surface area contributed by atoms with Gasteiger partial charge < -0.3 is 23.6 Å². The third kappa shape index (κ3) is 11.4. The monoisotopic (exact) mass is 400 g/mol. The quantitative estimate of drug-likeness (QED) is 0.576. The Kier molecular flexibility index (Phi) is 11.4. The summed E-state index contributed by atoms with van der Waals surface area (Å²) in [6.45, 7) is 8.17. The van der Waals surface area contributed by atoms with Gasteiger partial charge in [-0.15, -0.1) is 0 Å². The zero-order valence-corrected chi connectivity index (χ0v) is 17.1. The van der Waals surface area contributed by atoms with Gasteiger partial charge in [-0.1, -0.05) is 36.4 Å². The highest BCUT2D eigenvalue weighted by Crippen LogP contribution is 2.50. The van der Waals surface area contributed by atoms with Crippen LogP contribution in [0.5, 0.6) is 11.5 Å². The first kappa shape index (κ1) is 22.8. The molecule has 0 bridgehead atoms. The molecule has 2 rings (SSSR count). The number of hydrogen-bond acceptors (Lipinski definition) is 6. The summed E-state index contributed by atoms with van der Waals surface area (Å²) in [5.74, 6) is 1.06. The Morgan fingerprint density at radius 1 is 0.692 bits per heavy atom. The average molecular weight is 400 g/mol. The fraction of sp³-hybridized carbons (Fsp3) is 0.333. The van der Waals surface area contributed by atoms with Gasteiger partial charge >= 0.3 is 17.2 Å². The van der Waals surface area contributed by atoms with E-state index in [1.54, 1.807) is 48.5 Å². The molecule has 0 heterocycles. The molecule has 0 saturated heterocycles. The summed E-state index contributed by atoms with van der Waals surface area (Å²) in [6.07, 6.45) is 0.750. The molecule has 26 heavy (non-hydrogen) atoms. The summed E-state index contributed by atoms with van der Waals surface area (Å²) in [7, 11) is -4.48. The van der Waals surface area contributed by atoms with Crippen LogP contribution in [-0.2, 0) is 9.05 Å². The Morgan fingerprint density at radius 2 is 1.08 bits per heavy atom. The van der Waals surface area contributed by atoms with Gasteiger partial charge in [0.1, 0.15) is 11.5 Å². The largest absolute Gasteiger partial charge is 0.470 e. The first-order valence-corrected chi connectivity index (χ1v) is 10.4. The summed E-state index contributed by atoms with van der Waals surface area (Å²) >= 11 is 0. The third-order valence-electron chi connectivity index (χ3n) is 2.53. The Labute approximate surface area is 157 Å². The molecule has 0 aliphatic carbocycles. The van der Waals surface area contributed by atoms with Gasteiger partial charge in [-0.2, -0.15) is 0 Å². The lowest BCUT2D eigenvalue weighted by atomic mass is 10.3. The van der Waals surface area contributed by atoms with Gasteiger partial charge in [0, 0.05) is 0 Å². The van der Waals surface area contributed by atoms with E-state index in [1.807, 2.05) is 39.8 Å². The van der Waals surface area contributed by atoms with Crippen molar-refractivity contribution >= 4 is 17.2 Å². The van der Waals surface area contributed by atoms with Crippen LogP contribution in [0.4, 0.5) is 0 Å². The fourth-order valence-corrected chi connectivity index (χ4v) is 3.16. The van der Waals surface area contributed by atoms with Gasteiger partial charge in [-0.05, 0) is 52.0 Å². The molecule has 0 amide bonds. The smallest absolute Gasteiger partial charge is 0.418 e. The number of rotatable bonds is 8. The van der Waals surface area contributed by atoms with E-state index in [0.717, 1.165) is 0 Å². The molecule has 8 heteroatoms. The van der Waals surface area contributed by atoms with Crippen LogP contribution < -0.4 is 9.05 Å². The van der Waals surface area contributed by atoms with E-state index in [-0.39, 0.29) is 0 Å². The van der Waals surface area contributed by atoms with Gasteiger partial charge in [0.2, 0.25) is 0 Å². The minimum Gasteiger partial charge on any atom is -0.418 e. The molecular weight excluding hydrogens is 374 g/mol. The first-order valence-electron chi connectivity index (χ1n) is 8.14. The summed E-state index contributed by atoms with van der Waals surface area (Å²) in [6, 6.07) is 17.8. The lowest BCUT2D eigenvalue weighted by Crippen LogP contribution is -2.09. The number of hydrogen-bond donors (Lipinski definition) is 2. The molecule has 6 nitrogen and oxygen atoms in total. The molecule has 0 fully saturated rings. The highest BCUT2D eigenvalue weighted by Gasteiger charge is 2.21. The van der Waals surface area contributed by atoms with Gasteiger partial charge in [0.25, 0.3) is 0 Å². The molecule has 144 valence electrons. The minimum atomic E-state index is -2.55. The topological polar surface area (TPSA) is 77.4 Å². The van der Waals surface area contributed by atoms with Crippen LogP contribution in [0.3, 0.4) is 0 Å². The van der Waals surface area contributed by atoms with Crippen molar-refractivity contribution < 1.29 is 27.9 Å². The normalized spacial score (nSPS) is 10.8. The molecule has 0 atom stereocenters. The van der Waals surface area contributed by atoms with Crippen molar-refractivity contribution in [3.05, 3.63) is 60.7 Å². The molecule has 0 unspecified atom stereocenters. The van der Waals surface area contributed by atoms with Crippen molar-refractivity contribution in [2.45, 2.75) is 39.9 Å². The zero-order valence-electron chi connectivity index (χ0n) is 15.4. The van der Waals surface area contributed by atoms with E-state index in [9.17, 15) is 0 Å². The highest BCUT2D eigenvalue weighted by atomic mass is 31.2. The predicted molar refractivity (Wildman–Crippen MR) is 105 cm³/mol. The van der Waals surface area contributed by atoms with Gasteiger partial charge in [0.15, 0.2) is 0 Å². The predicted octanol–water partition coefficient (Wildman–Crippen LogP) is 5.42. The molecule has 0 saturated carbocycles. The molecule has 2 aromatic carbocycles. The van der Waals surface area contributed by atoms with Crippen molar-refractivity contribution in [2.75, 3.05) is 0 Å². The van der Waals surface area contributed by atoms with Crippen LogP contribution in [0, 0.1) is 0 Å². The second-order valence-electron chi connectivity index (χ2n) is 5.60. The van der Waals surface area contributed by atoms with Crippen LogP contribution in [-0.4, -0.2) is 22.0 Å². The Balaban J connectivity index is 0.000000412. The molecule has 0 aromatic heterocycles. The van der Waals surface area contributed by atoms with Crippen molar-refractivity contribution in [3.8, 4) is 11.5 Å². The molecule has 0 radical (unpaired) electrons. The van der Waals surface area contributed by atoms with Gasteiger partial charge in [-0.3, -0.25) is 0 Å². The lowest BCUT2D eigenvalue weighted by molar-refractivity contribution is 0.0300. The van der Waals surface area contributed by atoms with Gasteiger partial charge in [-0.25, -0.2) is 4.31 Å². The fourth-order valence-electron chi connectivity index (χ4n) is 1.79. The summed E-state index contributed by atoms with van der Waals surface area (Å²) in [5, 5.41) is 0. The SMILES string of the molecule is CC(C)OC(C)C.OP(O)OP(Oc1ccccc1)Oc1ccccc1. The number of para-hydroxylation sites is 2. The Hall–Kier alpha value is -1.26. The zero-order chi connectivity index (χ0) is 19.4. The lowest BCUT2D eigenvalue weighted by Gasteiger charge is -2.17. The standard InChI is InChI=1S/C12H12O5P2.C6H14O/c13-18(14)17-19(15-11-7-3-1-4-8-11)16-12-9-5-2-6-10-12;1-5(2)7-6(3)4/h1-10,13-14H;5-6H,1-4H3. The Bertz CT molecular complexity index is 533. The summed E-state index contributed by atoms with van der Waals surface area (Å²) < 4.78 is 21.0. The van der Waals surface area contributed by atoms with E-state index >= 15 is 0 Å². The number of ether oxygens (including phenoxy) is 1. The molecule has 0 spiro atoms. The maximum atomic E-state index is 8.93. The Morgan fingerprint density at radius 3 is 1.35 bits per heavy atom. The van der Waals surface area contributed by atoms with Crippen molar-refractivity contribution in [1.29, 1.82) is 0 Å². The van der Waals surface area contributed by atoms with E-state index < -0.39 is 17.2 Å². The summed E-state index contributed by atoms with van der Waals surface area (Å²) in [4.78, 5) is 17.9. The van der Waals surface area contributed by atoms with E-state index in [4.69, 9.17) is 27.9 Å². The van der Waals surface area contributed by atoms with E-state index in [1.165, 1.54) is 0 Å². The molecule has 2 aromatic rings. The van der Waals surface area contributed by atoms with Crippen LogP contribution >= 0.6 is 17.2 Å². The van der Waals surface area contributed by atoms with Crippen molar-refractivity contribution in [1.82, 2.24) is 0 Å².